The molecule has 86 valence electrons. The normalized spacial score (nSPS) is 18.5. The molecule has 1 saturated carbocycles. The molecule has 0 spiro atoms. The van der Waals surface area contributed by atoms with Crippen molar-refractivity contribution >= 4 is 0 Å². The van der Waals surface area contributed by atoms with Crippen LogP contribution >= 0.6 is 0 Å². The van der Waals surface area contributed by atoms with Gasteiger partial charge in [-0.25, -0.2) is 0 Å². The van der Waals surface area contributed by atoms with Gasteiger partial charge in [0.05, 0.1) is 31.5 Å². The zero-order valence-electron chi connectivity index (χ0n) is 10.0. The number of ether oxygens (including phenoxy) is 2. The third kappa shape index (κ3) is 5.15. The number of hydrogen-bond acceptors (Lipinski definition) is 3. The number of hydrogen-bond donors (Lipinski definition) is 0. The van der Waals surface area contributed by atoms with Gasteiger partial charge in [-0.05, 0) is 33.6 Å². The highest BCUT2D eigenvalue weighted by molar-refractivity contribution is 4.99. The van der Waals surface area contributed by atoms with Crippen LogP contribution in [0.2, 0.25) is 0 Å². The Hall–Kier alpha value is -0.590. The molecule has 0 saturated heterocycles. The van der Waals surface area contributed by atoms with Gasteiger partial charge in [-0.3, -0.25) is 0 Å². The fourth-order valence-corrected chi connectivity index (χ4v) is 1.41. The monoisotopic (exact) mass is 211 g/mol. The Kier molecular flexibility index (Phi) is 4.12. The van der Waals surface area contributed by atoms with Gasteiger partial charge in [-0.15, -0.1) is 0 Å². The molecular weight excluding hydrogens is 190 g/mol. The minimum atomic E-state index is -0.0900. The zero-order chi connectivity index (χ0) is 11.4. The van der Waals surface area contributed by atoms with E-state index in [1.54, 1.807) is 0 Å². The molecule has 1 fully saturated rings. The second-order valence-corrected chi connectivity index (χ2v) is 5.35. The molecule has 0 aromatic carbocycles. The van der Waals surface area contributed by atoms with Crippen molar-refractivity contribution in [2.45, 2.75) is 45.6 Å². The van der Waals surface area contributed by atoms with Crippen LogP contribution in [0.15, 0.2) is 0 Å². The number of nitrogens with zero attached hydrogens (tertiary/aromatic N) is 1. The molecule has 0 bridgehead atoms. The summed E-state index contributed by atoms with van der Waals surface area (Å²) in [6.45, 7) is 8.08. The molecule has 3 nitrogen and oxygen atoms in total. The molecule has 0 unspecified atom stereocenters. The molecule has 0 aromatic heterocycles. The van der Waals surface area contributed by atoms with E-state index in [9.17, 15) is 0 Å². The van der Waals surface area contributed by atoms with Gasteiger partial charge < -0.3 is 9.47 Å². The minimum absolute atomic E-state index is 0.0900. The third-order valence-corrected chi connectivity index (χ3v) is 2.58. The highest BCUT2D eigenvalue weighted by atomic mass is 16.5. The first-order valence-electron chi connectivity index (χ1n) is 5.56. The first-order valence-corrected chi connectivity index (χ1v) is 5.56. The lowest BCUT2D eigenvalue weighted by Crippen LogP contribution is -2.22. The summed E-state index contributed by atoms with van der Waals surface area (Å²) >= 11 is 0. The maximum Gasteiger partial charge on any atom is 0.0707 e. The molecule has 1 rings (SSSR count). The second kappa shape index (κ2) is 4.96. The van der Waals surface area contributed by atoms with Crippen molar-refractivity contribution in [3.05, 3.63) is 0 Å². The fourth-order valence-electron chi connectivity index (χ4n) is 1.41. The van der Waals surface area contributed by atoms with Crippen LogP contribution in [0.5, 0.6) is 0 Å². The molecule has 1 aliphatic rings. The molecule has 0 N–H and O–H groups in total. The van der Waals surface area contributed by atoms with E-state index in [1.165, 1.54) is 0 Å². The van der Waals surface area contributed by atoms with Crippen LogP contribution < -0.4 is 0 Å². The van der Waals surface area contributed by atoms with Crippen LogP contribution in [-0.2, 0) is 9.47 Å². The van der Waals surface area contributed by atoms with Gasteiger partial charge in [0.25, 0.3) is 0 Å². The van der Waals surface area contributed by atoms with Crippen LogP contribution in [0.4, 0.5) is 0 Å². The number of rotatable bonds is 6. The first kappa shape index (κ1) is 12.5. The van der Waals surface area contributed by atoms with E-state index in [0.717, 1.165) is 12.8 Å². The summed E-state index contributed by atoms with van der Waals surface area (Å²) in [6, 6.07) is 2.22. The summed E-state index contributed by atoms with van der Waals surface area (Å²) in [7, 11) is 0. The van der Waals surface area contributed by atoms with Crippen molar-refractivity contribution in [2.75, 3.05) is 19.8 Å². The van der Waals surface area contributed by atoms with E-state index in [0.29, 0.717) is 26.2 Å². The zero-order valence-corrected chi connectivity index (χ0v) is 10.0. The smallest absolute Gasteiger partial charge is 0.0707 e. The van der Waals surface area contributed by atoms with Gasteiger partial charge >= 0.3 is 0 Å². The van der Waals surface area contributed by atoms with Crippen molar-refractivity contribution in [3.8, 4) is 6.07 Å². The van der Waals surface area contributed by atoms with E-state index in [-0.39, 0.29) is 11.0 Å². The van der Waals surface area contributed by atoms with Crippen molar-refractivity contribution < 1.29 is 9.47 Å². The largest absolute Gasteiger partial charge is 0.378 e. The van der Waals surface area contributed by atoms with E-state index < -0.39 is 0 Å². The average molecular weight is 211 g/mol. The summed E-state index contributed by atoms with van der Waals surface area (Å²) in [5.74, 6) is 0. The topological polar surface area (TPSA) is 42.2 Å². The minimum Gasteiger partial charge on any atom is -0.378 e. The Morgan fingerprint density at radius 3 is 2.40 bits per heavy atom. The van der Waals surface area contributed by atoms with Crippen LogP contribution in [0.1, 0.15) is 40.0 Å². The van der Waals surface area contributed by atoms with Gasteiger partial charge in [0.1, 0.15) is 0 Å². The molecule has 0 heterocycles. The summed E-state index contributed by atoms with van der Waals surface area (Å²) in [5, 5.41) is 8.62. The van der Waals surface area contributed by atoms with E-state index in [1.807, 2.05) is 20.8 Å². The second-order valence-electron chi connectivity index (χ2n) is 5.35. The summed E-state index contributed by atoms with van der Waals surface area (Å²) in [5.41, 5.74) is 0.101. The predicted octanol–water partition coefficient (Wildman–Crippen LogP) is 2.51. The molecule has 0 radical (unpaired) electrons. The maximum atomic E-state index is 8.62. The molecular formula is C12H21NO2. The molecule has 1 aliphatic carbocycles. The van der Waals surface area contributed by atoms with Gasteiger partial charge in [-0.2, -0.15) is 5.26 Å². The van der Waals surface area contributed by atoms with Crippen LogP contribution in [0.25, 0.3) is 0 Å². The Labute approximate surface area is 92.4 Å². The fraction of sp³-hybridized carbons (Fsp3) is 0.917. The highest BCUT2D eigenvalue weighted by Crippen LogP contribution is 2.48. The lowest BCUT2D eigenvalue weighted by molar-refractivity contribution is -0.0405. The molecule has 0 aromatic rings. The van der Waals surface area contributed by atoms with Crippen molar-refractivity contribution in [1.82, 2.24) is 0 Å². The molecule has 15 heavy (non-hydrogen) atoms. The molecule has 0 atom stereocenters. The molecule has 0 amide bonds. The molecule has 0 aliphatic heterocycles. The average Bonchev–Trinajstić information content (AvgIpc) is 2.83. The van der Waals surface area contributed by atoms with E-state index in [2.05, 4.69) is 6.07 Å². The van der Waals surface area contributed by atoms with Crippen molar-refractivity contribution in [1.29, 1.82) is 5.26 Å². The van der Waals surface area contributed by atoms with Gasteiger partial charge in [-0.1, -0.05) is 0 Å². The van der Waals surface area contributed by atoms with E-state index in [4.69, 9.17) is 14.7 Å². The quantitative estimate of drug-likeness (QED) is 0.634. The summed E-state index contributed by atoms with van der Waals surface area (Å²) in [4.78, 5) is 0. The summed E-state index contributed by atoms with van der Waals surface area (Å²) < 4.78 is 11.1. The SMILES string of the molecule is CC(C)(C)OCCOCC1(CC#N)CC1. The first-order chi connectivity index (χ1) is 6.97. The highest BCUT2D eigenvalue weighted by Gasteiger charge is 2.42. The molecule has 3 heteroatoms. The van der Waals surface area contributed by atoms with Crippen molar-refractivity contribution in [3.63, 3.8) is 0 Å². The Bertz CT molecular complexity index is 233. The van der Waals surface area contributed by atoms with Crippen molar-refractivity contribution in [2.24, 2.45) is 5.41 Å². The van der Waals surface area contributed by atoms with Crippen LogP contribution in [0.3, 0.4) is 0 Å². The predicted molar refractivity (Wildman–Crippen MR) is 58.4 cm³/mol. The lowest BCUT2D eigenvalue weighted by atomic mass is 10.1. The van der Waals surface area contributed by atoms with Crippen LogP contribution in [0, 0.1) is 16.7 Å². The lowest BCUT2D eigenvalue weighted by Gasteiger charge is -2.20. The summed E-state index contributed by atoms with van der Waals surface area (Å²) in [6.07, 6.45) is 2.91. The Morgan fingerprint density at radius 2 is 1.93 bits per heavy atom. The Morgan fingerprint density at radius 1 is 1.27 bits per heavy atom. The number of nitriles is 1. The van der Waals surface area contributed by atoms with Gasteiger partial charge in [0.2, 0.25) is 0 Å². The standard InChI is InChI=1S/C12H21NO2/c1-11(2,3)15-9-8-14-10-12(4-5-12)6-7-13/h4-6,8-10H2,1-3H3. The maximum absolute atomic E-state index is 8.62. The van der Waals surface area contributed by atoms with Crippen LogP contribution in [-0.4, -0.2) is 25.4 Å². The van der Waals surface area contributed by atoms with Gasteiger partial charge in [0, 0.05) is 11.8 Å². The van der Waals surface area contributed by atoms with Gasteiger partial charge in [0.15, 0.2) is 0 Å². The third-order valence-electron chi connectivity index (χ3n) is 2.58. The van der Waals surface area contributed by atoms with E-state index >= 15 is 0 Å². The Balaban J connectivity index is 2.01.